The average molecular weight is 220 g/mol. The SMILES string of the molecule is CCCC1CC1(N)Cc1ccc(OC)nc1. The Kier molecular flexibility index (Phi) is 3.15. The number of nitrogens with zero attached hydrogens (tertiary/aromatic N) is 1. The lowest BCUT2D eigenvalue weighted by molar-refractivity contribution is 0.397. The summed E-state index contributed by atoms with van der Waals surface area (Å²) >= 11 is 0. The third-order valence-corrected chi connectivity index (χ3v) is 3.46. The van der Waals surface area contributed by atoms with Gasteiger partial charge in [0.15, 0.2) is 0 Å². The molecule has 16 heavy (non-hydrogen) atoms. The summed E-state index contributed by atoms with van der Waals surface area (Å²) in [5, 5.41) is 0. The molecule has 0 aromatic carbocycles. The molecule has 0 aliphatic heterocycles. The van der Waals surface area contributed by atoms with Crippen molar-refractivity contribution in [2.75, 3.05) is 7.11 Å². The van der Waals surface area contributed by atoms with Gasteiger partial charge in [-0.15, -0.1) is 0 Å². The van der Waals surface area contributed by atoms with Gasteiger partial charge < -0.3 is 10.5 Å². The van der Waals surface area contributed by atoms with Crippen LogP contribution in [0.4, 0.5) is 0 Å². The number of aromatic nitrogens is 1. The zero-order chi connectivity index (χ0) is 11.6. The molecule has 0 saturated heterocycles. The Balaban J connectivity index is 1.94. The molecular weight excluding hydrogens is 200 g/mol. The highest BCUT2D eigenvalue weighted by molar-refractivity contribution is 5.23. The summed E-state index contributed by atoms with van der Waals surface area (Å²) in [6, 6.07) is 3.96. The number of methoxy groups -OCH3 is 1. The van der Waals surface area contributed by atoms with Crippen LogP contribution in [0.5, 0.6) is 5.88 Å². The zero-order valence-corrected chi connectivity index (χ0v) is 10.1. The average Bonchev–Trinajstić information content (AvgIpc) is 2.90. The molecule has 2 rings (SSSR count). The second-order valence-electron chi connectivity index (χ2n) is 4.81. The maximum absolute atomic E-state index is 6.32. The van der Waals surface area contributed by atoms with Gasteiger partial charge in [0.1, 0.15) is 0 Å². The molecule has 1 aromatic rings. The lowest BCUT2D eigenvalue weighted by atomic mass is 10.0. The fourth-order valence-electron chi connectivity index (χ4n) is 2.37. The Morgan fingerprint density at radius 3 is 2.94 bits per heavy atom. The normalized spacial score (nSPS) is 27.8. The lowest BCUT2D eigenvalue weighted by Crippen LogP contribution is -2.27. The molecule has 3 nitrogen and oxygen atoms in total. The van der Waals surface area contributed by atoms with Crippen molar-refractivity contribution in [3.05, 3.63) is 23.9 Å². The first-order chi connectivity index (χ1) is 7.68. The van der Waals surface area contributed by atoms with Crippen LogP contribution in [0, 0.1) is 5.92 Å². The van der Waals surface area contributed by atoms with Crippen molar-refractivity contribution >= 4 is 0 Å². The Hall–Kier alpha value is -1.09. The fraction of sp³-hybridized carbons (Fsp3) is 0.615. The van der Waals surface area contributed by atoms with E-state index in [4.69, 9.17) is 10.5 Å². The Bertz CT molecular complexity index is 349. The highest BCUT2D eigenvalue weighted by atomic mass is 16.5. The van der Waals surface area contributed by atoms with Crippen molar-refractivity contribution < 1.29 is 4.74 Å². The van der Waals surface area contributed by atoms with Gasteiger partial charge >= 0.3 is 0 Å². The number of ether oxygens (including phenoxy) is 1. The van der Waals surface area contributed by atoms with Crippen molar-refractivity contribution in [1.29, 1.82) is 0 Å². The molecule has 3 heteroatoms. The molecular formula is C13H20N2O. The van der Waals surface area contributed by atoms with Gasteiger partial charge in [-0.2, -0.15) is 0 Å². The quantitative estimate of drug-likeness (QED) is 0.827. The van der Waals surface area contributed by atoms with Gasteiger partial charge in [-0.25, -0.2) is 4.98 Å². The molecule has 1 aromatic heterocycles. The lowest BCUT2D eigenvalue weighted by Gasteiger charge is -2.11. The minimum Gasteiger partial charge on any atom is -0.481 e. The highest BCUT2D eigenvalue weighted by Gasteiger charge is 2.49. The molecule has 1 heterocycles. The van der Waals surface area contributed by atoms with Crippen molar-refractivity contribution in [3.8, 4) is 5.88 Å². The molecule has 1 aliphatic carbocycles. The maximum atomic E-state index is 6.32. The van der Waals surface area contributed by atoms with E-state index in [1.807, 2.05) is 12.3 Å². The largest absolute Gasteiger partial charge is 0.481 e. The van der Waals surface area contributed by atoms with Crippen LogP contribution < -0.4 is 10.5 Å². The second kappa shape index (κ2) is 4.42. The number of rotatable bonds is 5. The van der Waals surface area contributed by atoms with Gasteiger partial charge in [-0.3, -0.25) is 0 Å². The summed E-state index contributed by atoms with van der Waals surface area (Å²) in [4.78, 5) is 4.20. The van der Waals surface area contributed by atoms with Crippen molar-refractivity contribution in [3.63, 3.8) is 0 Å². The van der Waals surface area contributed by atoms with E-state index < -0.39 is 0 Å². The molecule has 2 N–H and O–H groups in total. The van der Waals surface area contributed by atoms with Crippen LogP contribution in [-0.4, -0.2) is 17.6 Å². The first-order valence-electron chi connectivity index (χ1n) is 5.96. The second-order valence-corrected chi connectivity index (χ2v) is 4.81. The van der Waals surface area contributed by atoms with Crippen molar-refractivity contribution in [1.82, 2.24) is 4.98 Å². The van der Waals surface area contributed by atoms with Gasteiger partial charge in [-0.1, -0.05) is 19.4 Å². The van der Waals surface area contributed by atoms with Crippen LogP contribution in [0.1, 0.15) is 31.7 Å². The van der Waals surface area contributed by atoms with Crippen LogP contribution in [0.25, 0.3) is 0 Å². The van der Waals surface area contributed by atoms with E-state index in [1.54, 1.807) is 7.11 Å². The molecule has 2 atom stereocenters. The Morgan fingerprint density at radius 2 is 2.38 bits per heavy atom. The highest BCUT2D eigenvalue weighted by Crippen LogP contribution is 2.46. The van der Waals surface area contributed by atoms with Crippen LogP contribution >= 0.6 is 0 Å². The van der Waals surface area contributed by atoms with E-state index in [-0.39, 0.29) is 5.54 Å². The topological polar surface area (TPSA) is 48.1 Å². The molecule has 1 saturated carbocycles. The fourth-order valence-corrected chi connectivity index (χ4v) is 2.37. The number of nitrogens with two attached hydrogens (primary N) is 1. The molecule has 1 aliphatic rings. The van der Waals surface area contributed by atoms with Crippen LogP contribution in [0.2, 0.25) is 0 Å². The minimum absolute atomic E-state index is 0.0340. The van der Waals surface area contributed by atoms with E-state index in [0.717, 1.165) is 12.8 Å². The Morgan fingerprint density at radius 1 is 1.56 bits per heavy atom. The summed E-state index contributed by atoms with van der Waals surface area (Å²) in [6.45, 7) is 2.22. The summed E-state index contributed by atoms with van der Waals surface area (Å²) in [7, 11) is 1.63. The molecule has 0 spiro atoms. The van der Waals surface area contributed by atoms with Crippen LogP contribution in [0.3, 0.4) is 0 Å². The predicted molar refractivity (Wildman–Crippen MR) is 64.4 cm³/mol. The molecule has 0 bridgehead atoms. The standard InChI is InChI=1S/C13H20N2O/c1-3-4-11-8-13(11,14)7-10-5-6-12(16-2)15-9-10/h5-6,9,11H,3-4,7-8,14H2,1-2H3. The number of hydrogen-bond donors (Lipinski definition) is 1. The summed E-state index contributed by atoms with van der Waals surface area (Å²) in [6.07, 6.45) is 6.45. The van der Waals surface area contributed by atoms with Gasteiger partial charge in [0, 0.05) is 17.8 Å². The Labute approximate surface area is 97.0 Å². The molecule has 0 radical (unpaired) electrons. The van der Waals surface area contributed by atoms with Gasteiger partial charge in [-0.05, 0) is 30.7 Å². The summed E-state index contributed by atoms with van der Waals surface area (Å²) in [5.41, 5.74) is 7.56. The first-order valence-corrected chi connectivity index (χ1v) is 5.96. The van der Waals surface area contributed by atoms with E-state index in [2.05, 4.69) is 18.0 Å². The minimum atomic E-state index is 0.0340. The molecule has 0 amide bonds. The van der Waals surface area contributed by atoms with Gasteiger partial charge in [0.2, 0.25) is 5.88 Å². The zero-order valence-electron chi connectivity index (χ0n) is 10.1. The first kappa shape index (κ1) is 11.4. The van der Waals surface area contributed by atoms with Crippen LogP contribution in [-0.2, 0) is 6.42 Å². The number of hydrogen-bond acceptors (Lipinski definition) is 3. The van der Waals surface area contributed by atoms with Crippen molar-refractivity contribution in [2.24, 2.45) is 11.7 Å². The third kappa shape index (κ3) is 2.35. The third-order valence-electron chi connectivity index (χ3n) is 3.46. The van der Waals surface area contributed by atoms with Crippen molar-refractivity contribution in [2.45, 2.75) is 38.1 Å². The predicted octanol–water partition coefficient (Wildman–Crippen LogP) is 2.15. The van der Waals surface area contributed by atoms with Gasteiger partial charge in [0.05, 0.1) is 7.11 Å². The molecule has 1 fully saturated rings. The summed E-state index contributed by atoms with van der Waals surface area (Å²) < 4.78 is 5.03. The maximum Gasteiger partial charge on any atom is 0.212 e. The number of pyridine rings is 1. The molecule has 2 unspecified atom stereocenters. The van der Waals surface area contributed by atoms with E-state index in [0.29, 0.717) is 11.8 Å². The van der Waals surface area contributed by atoms with E-state index in [1.165, 1.54) is 18.4 Å². The van der Waals surface area contributed by atoms with Crippen LogP contribution in [0.15, 0.2) is 18.3 Å². The summed E-state index contributed by atoms with van der Waals surface area (Å²) in [5.74, 6) is 1.37. The van der Waals surface area contributed by atoms with E-state index >= 15 is 0 Å². The molecule has 88 valence electrons. The smallest absolute Gasteiger partial charge is 0.212 e. The van der Waals surface area contributed by atoms with E-state index in [9.17, 15) is 0 Å². The monoisotopic (exact) mass is 220 g/mol. The van der Waals surface area contributed by atoms with Gasteiger partial charge in [0.25, 0.3) is 0 Å².